The van der Waals surface area contributed by atoms with Crippen molar-refractivity contribution < 1.29 is 4.79 Å². The van der Waals surface area contributed by atoms with Gasteiger partial charge in [-0.3, -0.25) is 9.69 Å². The fraction of sp³-hybridized carbons (Fsp3) is 0.312. The van der Waals surface area contributed by atoms with E-state index in [9.17, 15) is 4.79 Å². The molecule has 0 bridgehead atoms. The zero-order chi connectivity index (χ0) is 26.6. The number of carbonyl (C=O) groups is 1. The summed E-state index contributed by atoms with van der Waals surface area (Å²) in [5.74, 6) is 0.207. The van der Waals surface area contributed by atoms with Gasteiger partial charge < -0.3 is 5.32 Å². The van der Waals surface area contributed by atoms with Gasteiger partial charge in [0, 0.05) is 29.4 Å². The van der Waals surface area contributed by atoms with Crippen LogP contribution in [0.15, 0.2) is 90.3 Å². The van der Waals surface area contributed by atoms with Crippen molar-refractivity contribution in [1.82, 2.24) is 15.2 Å². The standard InChI is InChI=1S/C32H36ClN3OS/c1-2-3-10-19-34-32(37)30-24-38-31(35-30)23-36(22-25-12-11-17-28(33)21-25)20-18-29(26-13-6-4-7-14-26)27-15-8-5-9-16-27/h4-9,11-17,21,24,29H,2-3,10,18-20,22-23H2,1H3,(H,34,37). The van der Waals surface area contributed by atoms with E-state index in [1.54, 1.807) is 11.3 Å². The van der Waals surface area contributed by atoms with Gasteiger partial charge in [-0.25, -0.2) is 4.98 Å². The van der Waals surface area contributed by atoms with Crippen LogP contribution in [0.2, 0.25) is 5.02 Å². The highest BCUT2D eigenvalue weighted by molar-refractivity contribution is 7.09. The molecular weight excluding hydrogens is 510 g/mol. The second-order valence-corrected chi connectivity index (χ2v) is 11.0. The molecule has 0 aliphatic rings. The van der Waals surface area contributed by atoms with Gasteiger partial charge >= 0.3 is 0 Å². The van der Waals surface area contributed by atoms with E-state index in [0.717, 1.165) is 48.8 Å². The summed E-state index contributed by atoms with van der Waals surface area (Å²) in [4.78, 5) is 19.7. The topological polar surface area (TPSA) is 45.2 Å². The summed E-state index contributed by atoms with van der Waals surface area (Å²) < 4.78 is 0. The Morgan fingerprint density at radius 3 is 2.32 bits per heavy atom. The first-order chi connectivity index (χ1) is 18.6. The molecule has 0 spiro atoms. The molecule has 0 atom stereocenters. The molecule has 198 valence electrons. The molecule has 3 aromatic carbocycles. The van der Waals surface area contributed by atoms with Crippen LogP contribution in [0.4, 0.5) is 0 Å². The zero-order valence-electron chi connectivity index (χ0n) is 22.0. The van der Waals surface area contributed by atoms with Crippen molar-refractivity contribution in [1.29, 1.82) is 0 Å². The highest BCUT2D eigenvalue weighted by Gasteiger charge is 2.18. The molecule has 1 N–H and O–H groups in total. The van der Waals surface area contributed by atoms with Gasteiger partial charge in [-0.15, -0.1) is 11.3 Å². The number of thiazole rings is 1. The SMILES string of the molecule is CCCCCNC(=O)c1csc(CN(CCC(c2ccccc2)c2ccccc2)Cc2cccc(Cl)c2)n1. The first kappa shape index (κ1) is 28.0. The van der Waals surface area contributed by atoms with E-state index in [0.29, 0.717) is 24.7 Å². The average Bonchev–Trinajstić information content (AvgIpc) is 3.41. The fourth-order valence-electron chi connectivity index (χ4n) is 4.66. The summed E-state index contributed by atoms with van der Waals surface area (Å²) in [6, 6.07) is 29.5. The Kier molecular flexibility index (Phi) is 10.9. The van der Waals surface area contributed by atoms with Crippen LogP contribution in [0.5, 0.6) is 0 Å². The van der Waals surface area contributed by atoms with Crippen molar-refractivity contribution in [2.24, 2.45) is 0 Å². The summed E-state index contributed by atoms with van der Waals surface area (Å²) in [6.45, 7) is 5.16. The molecule has 0 unspecified atom stereocenters. The molecule has 1 amide bonds. The maximum absolute atomic E-state index is 12.6. The number of hydrogen-bond donors (Lipinski definition) is 1. The van der Waals surface area contributed by atoms with Crippen LogP contribution in [0, 0.1) is 0 Å². The lowest BCUT2D eigenvalue weighted by atomic mass is 9.88. The Morgan fingerprint density at radius 2 is 1.66 bits per heavy atom. The van der Waals surface area contributed by atoms with Gasteiger partial charge in [-0.1, -0.05) is 104 Å². The second kappa shape index (κ2) is 14.8. The van der Waals surface area contributed by atoms with Gasteiger partial charge in [0.15, 0.2) is 0 Å². The number of nitrogens with zero attached hydrogens (tertiary/aromatic N) is 2. The van der Waals surface area contributed by atoms with Crippen LogP contribution in [-0.2, 0) is 13.1 Å². The molecule has 1 aromatic heterocycles. The molecule has 38 heavy (non-hydrogen) atoms. The predicted octanol–water partition coefficient (Wildman–Crippen LogP) is 7.94. The van der Waals surface area contributed by atoms with Gasteiger partial charge in [0.05, 0.1) is 6.54 Å². The number of unbranched alkanes of at least 4 members (excludes halogenated alkanes) is 2. The van der Waals surface area contributed by atoms with Gasteiger partial charge in [0.25, 0.3) is 5.91 Å². The highest BCUT2D eigenvalue weighted by atomic mass is 35.5. The second-order valence-electron chi connectivity index (χ2n) is 9.59. The third kappa shape index (κ3) is 8.52. The summed E-state index contributed by atoms with van der Waals surface area (Å²) in [5.41, 5.74) is 4.31. The van der Waals surface area contributed by atoms with E-state index in [-0.39, 0.29) is 5.91 Å². The van der Waals surface area contributed by atoms with Gasteiger partial charge in [-0.2, -0.15) is 0 Å². The molecule has 0 fully saturated rings. The maximum atomic E-state index is 12.6. The van der Waals surface area contributed by atoms with Crippen LogP contribution < -0.4 is 5.32 Å². The molecule has 0 radical (unpaired) electrons. The fourth-order valence-corrected chi connectivity index (χ4v) is 5.69. The minimum atomic E-state index is -0.0850. The van der Waals surface area contributed by atoms with Crippen LogP contribution in [-0.4, -0.2) is 28.9 Å². The summed E-state index contributed by atoms with van der Waals surface area (Å²) >= 11 is 7.85. The van der Waals surface area contributed by atoms with E-state index in [1.807, 2.05) is 23.6 Å². The number of aromatic nitrogens is 1. The van der Waals surface area contributed by atoms with Crippen molar-refractivity contribution in [2.75, 3.05) is 13.1 Å². The van der Waals surface area contributed by atoms with E-state index in [1.165, 1.54) is 16.7 Å². The molecule has 4 aromatic rings. The third-order valence-electron chi connectivity index (χ3n) is 6.64. The number of amides is 1. The molecule has 0 saturated heterocycles. The Bertz CT molecular complexity index is 1220. The normalized spacial score (nSPS) is 11.3. The van der Waals surface area contributed by atoms with E-state index in [2.05, 4.69) is 83.9 Å². The van der Waals surface area contributed by atoms with Crippen molar-refractivity contribution in [3.63, 3.8) is 0 Å². The Morgan fingerprint density at radius 1 is 0.947 bits per heavy atom. The summed E-state index contributed by atoms with van der Waals surface area (Å²) in [6.07, 6.45) is 4.21. The van der Waals surface area contributed by atoms with Crippen LogP contribution in [0.1, 0.15) is 70.7 Å². The third-order valence-corrected chi connectivity index (χ3v) is 7.71. The minimum absolute atomic E-state index is 0.0850. The number of hydrogen-bond acceptors (Lipinski definition) is 4. The lowest BCUT2D eigenvalue weighted by Gasteiger charge is -2.25. The van der Waals surface area contributed by atoms with Crippen molar-refractivity contribution in [3.8, 4) is 0 Å². The number of halogens is 1. The number of carbonyl (C=O) groups excluding carboxylic acids is 1. The van der Waals surface area contributed by atoms with Crippen LogP contribution >= 0.6 is 22.9 Å². The first-order valence-electron chi connectivity index (χ1n) is 13.4. The molecule has 6 heteroatoms. The van der Waals surface area contributed by atoms with Crippen molar-refractivity contribution >= 4 is 28.8 Å². The van der Waals surface area contributed by atoms with E-state index in [4.69, 9.17) is 16.6 Å². The largest absolute Gasteiger partial charge is 0.351 e. The Balaban J connectivity index is 1.49. The average molecular weight is 546 g/mol. The maximum Gasteiger partial charge on any atom is 0.270 e. The molecule has 4 rings (SSSR count). The Labute approximate surface area is 235 Å². The minimum Gasteiger partial charge on any atom is -0.351 e. The van der Waals surface area contributed by atoms with Gasteiger partial charge in [0.1, 0.15) is 10.7 Å². The quantitative estimate of drug-likeness (QED) is 0.164. The Hall–Kier alpha value is -2.99. The molecule has 0 saturated carbocycles. The number of rotatable bonds is 14. The van der Waals surface area contributed by atoms with Gasteiger partial charge in [-0.05, 0) is 48.2 Å². The van der Waals surface area contributed by atoms with Gasteiger partial charge in [0.2, 0.25) is 0 Å². The lowest BCUT2D eigenvalue weighted by molar-refractivity contribution is 0.0948. The first-order valence-corrected chi connectivity index (χ1v) is 14.7. The molecule has 0 aliphatic carbocycles. The smallest absolute Gasteiger partial charge is 0.270 e. The van der Waals surface area contributed by atoms with Crippen molar-refractivity contribution in [2.45, 2.75) is 51.6 Å². The summed E-state index contributed by atoms with van der Waals surface area (Å²) in [5, 5.41) is 6.56. The van der Waals surface area contributed by atoms with E-state index < -0.39 is 0 Å². The number of nitrogens with one attached hydrogen (secondary N) is 1. The summed E-state index contributed by atoms with van der Waals surface area (Å²) in [7, 11) is 0. The van der Waals surface area contributed by atoms with Crippen LogP contribution in [0.25, 0.3) is 0 Å². The van der Waals surface area contributed by atoms with Crippen molar-refractivity contribution in [3.05, 3.63) is 123 Å². The number of benzene rings is 3. The lowest BCUT2D eigenvalue weighted by Crippen LogP contribution is -2.26. The molecule has 4 nitrogen and oxygen atoms in total. The predicted molar refractivity (Wildman–Crippen MR) is 159 cm³/mol. The molecule has 0 aliphatic heterocycles. The molecular formula is C32H36ClN3OS. The van der Waals surface area contributed by atoms with Crippen LogP contribution in [0.3, 0.4) is 0 Å². The highest BCUT2D eigenvalue weighted by Crippen LogP contribution is 2.29. The zero-order valence-corrected chi connectivity index (χ0v) is 23.6. The van der Waals surface area contributed by atoms with E-state index >= 15 is 0 Å². The molecule has 1 heterocycles. The monoisotopic (exact) mass is 545 g/mol.